The Bertz CT molecular complexity index is 691. The van der Waals surface area contributed by atoms with Crippen molar-refractivity contribution in [1.29, 1.82) is 0 Å². The number of aliphatic imine (C=N–C) groups is 1. The molecule has 0 aliphatic rings. The van der Waals surface area contributed by atoms with Crippen molar-refractivity contribution < 1.29 is 9.47 Å². The molecular weight excluding hydrogens is 451 g/mol. The summed E-state index contributed by atoms with van der Waals surface area (Å²) in [6.45, 7) is 3.34. The van der Waals surface area contributed by atoms with E-state index in [4.69, 9.17) is 15.2 Å². The predicted molar refractivity (Wildman–Crippen MR) is 114 cm³/mol. The Hall–Kier alpha value is -1.55. The van der Waals surface area contributed by atoms with Crippen molar-refractivity contribution in [3.05, 3.63) is 39.8 Å². The van der Waals surface area contributed by atoms with Gasteiger partial charge in [-0.15, -0.1) is 35.3 Å². The van der Waals surface area contributed by atoms with Gasteiger partial charge in [-0.25, -0.2) is 4.98 Å². The molecule has 0 radical (unpaired) electrons. The van der Waals surface area contributed by atoms with Crippen LogP contribution in [0.25, 0.3) is 0 Å². The number of nitrogens with two attached hydrogens (primary N) is 1. The first kappa shape index (κ1) is 21.5. The van der Waals surface area contributed by atoms with E-state index in [9.17, 15) is 0 Å². The lowest BCUT2D eigenvalue weighted by Crippen LogP contribution is -2.33. The number of ether oxygens (including phenoxy) is 2. The molecule has 1 aromatic heterocycles. The summed E-state index contributed by atoms with van der Waals surface area (Å²) in [6, 6.07) is 5.89. The maximum Gasteiger partial charge on any atom is 0.188 e. The lowest BCUT2D eigenvalue weighted by molar-refractivity contribution is 0.354. The van der Waals surface area contributed by atoms with Crippen molar-refractivity contribution in [3.8, 4) is 11.5 Å². The van der Waals surface area contributed by atoms with Crippen LogP contribution in [-0.4, -0.2) is 38.3 Å². The topological polar surface area (TPSA) is 81.8 Å². The fourth-order valence-electron chi connectivity index (χ4n) is 2.22. The van der Waals surface area contributed by atoms with Crippen LogP contribution in [0.2, 0.25) is 0 Å². The van der Waals surface area contributed by atoms with Gasteiger partial charge in [-0.2, -0.15) is 0 Å². The van der Waals surface area contributed by atoms with Crippen molar-refractivity contribution in [3.63, 3.8) is 0 Å². The number of aryl methyl sites for hydroxylation is 1. The quantitative estimate of drug-likeness (QED) is 0.348. The van der Waals surface area contributed by atoms with Crippen molar-refractivity contribution >= 4 is 41.3 Å². The van der Waals surface area contributed by atoms with Gasteiger partial charge in [0, 0.05) is 30.6 Å². The van der Waals surface area contributed by atoms with Gasteiger partial charge in [0.25, 0.3) is 0 Å². The van der Waals surface area contributed by atoms with Crippen LogP contribution in [0.4, 0.5) is 0 Å². The highest BCUT2D eigenvalue weighted by atomic mass is 127. The lowest BCUT2D eigenvalue weighted by atomic mass is 10.1. The molecule has 2 rings (SSSR count). The van der Waals surface area contributed by atoms with E-state index in [-0.39, 0.29) is 24.0 Å². The van der Waals surface area contributed by atoms with E-state index in [2.05, 4.69) is 15.3 Å². The van der Waals surface area contributed by atoms with Crippen LogP contribution in [0.15, 0.2) is 28.6 Å². The third-order valence-corrected chi connectivity index (χ3v) is 4.47. The molecule has 0 amide bonds. The maximum atomic E-state index is 5.89. The molecule has 0 atom stereocenters. The van der Waals surface area contributed by atoms with Crippen molar-refractivity contribution in [2.75, 3.05) is 27.3 Å². The zero-order chi connectivity index (χ0) is 17.4. The van der Waals surface area contributed by atoms with Gasteiger partial charge in [0.15, 0.2) is 17.5 Å². The smallest absolute Gasteiger partial charge is 0.188 e. The minimum Gasteiger partial charge on any atom is -0.493 e. The summed E-state index contributed by atoms with van der Waals surface area (Å²) in [6.07, 6.45) is 1.64. The van der Waals surface area contributed by atoms with Crippen molar-refractivity contribution in [2.24, 2.45) is 10.7 Å². The summed E-state index contributed by atoms with van der Waals surface area (Å²) < 4.78 is 10.5. The number of methoxy groups -OCH3 is 2. The molecule has 8 heteroatoms. The van der Waals surface area contributed by atoms with Crippen LogP contribution in [0.3, 0.4) is 0 Å². The molecule has 0 aliphatic carbocycles. The molecule has 0 bridgehead atoms. The molecule has 0 aliphatic heterocycles. The van der Waals surface area contributed by atoms with E-state index >= 15 is 0 Å². The van der Waals surface area contributed by atoms with Crippen LogP contribution in [0.5, 0.6) is 11.5 Å². The Kier molecular flexibility index (Phi) is 9.58. The minimum absolute atomic E-state index is 0. The van der Waals surface area contributed by atoms with E-state index in [0.29, 0.717) is 19.0 Å². The Morgan fingerprint density at radius 3 is 2.64 bits per heavy atom. The van der Waals surface area contributed by atoms with Gasteiger partial charge in [-0.05, 0) is 31.0 Å². The summed E-state index contributed by atoms with van der Waals surface area (Å²) in [5.74, 6) is 1.92. The molecule has 0 fully saturated rings. The largest absolute Gasteiger partial charge is 0.493 e. The number of benzene rings is 1. The first-order chi connectivity index (χ1) is 11.6. The highest BCUT2D eigenvalue weighted by Gasteiger charge is 2.04. The van der Waals surface area contributed by atoms with Crippen LogP contribution in [-0.2, 0) is 12.8 Å². The zero-order valence-corrected chi connectivity index (χ0v) is 17.9. The van der Waals surface area contributed by atoms with Crippen molar-refractivity contribution in [2.45, 2.75) is 19.8 Å². The molecule has 0 spiro atoms. The molecule has 0 saturated carbocycles. The molecule has 6 nitrogen and oxygen atoms in total. The van der Waals surface area contributed by atoms with Gasteiger partial charge >= 0.3 is 0 Å². The minimum atomic E-state index is 0. The highest BCUT2D eigenvalue weighted by molar-refractivity contribution is 14.0. The number of nitrogens with one attached hydrogen (secondary N) is 1. The van der Waals surface area contributed by atoms with E-state index in [1.54, 1.807) is 25.6 Å². The predicted octanol–water partition coefficient (Wildman–Crippen LogP) is 2.78. The Morgan fingerprint density at radius 2 is 2.00 bits per heavy atom. The molecule has 25 heavy (non-hydrogen) atoms. The number of aromatic nitrogens is 1. The van der Waals surface area contributed by atoms with Crippen LogP contribution in [0.1, 0.15) is 16.3 Å². The summed E-state index contributed by atoms with van der Waals surface area (Å²) in [5.41, 5.74) is 8.09. The van der Waals surface area contributed by atoms with E-state index in [0.717, 1.165) is 40.6 Å². The summed E-state index contributed by atoms with van der Waals surface area (Å²) in [4.78, 5) is 8.73. The average molecular weight is 476 g/mol. The molecule has 1 aromatic carbocycles. The van der Waals surface area contributed by atoms with E-state index in [1.807, 2.05) is 30.5 Å². The molecule has 138 valence electrons. The van der Waals surface area contributed by atoms with Crippen LogP contribution >= 0.6 is 35.3 Å². The Morgan fingerprint density at radius 1 is 1.24 bits per heavy atom. The van der Waals surface area contributed by atoms with Crippen LogP contribution < -0.4 is 20.5 Å². The molecule has 0 unspecified atom stereocenters. The zero-order valence-electron chi connectivity index (χ0n) is 14.7. The number of guanidine groups is 1. The number of nitrogens with zero attached hydrogens (tertiary/aromatic N) is 2. The third-order valence-electron chi connectivity index (χ3n) is 3.44. The maximum absolute atomic E-state index is 5.89. The van der Waals surface area contributed by atoms with Crippen molar-refractivity contribution in [1.82, 2.24) is 10.3 Å². The standard InChI is InChI=1S/C17H24N4O2S.HI/c1-12-11-24-16(21-12)7-9-20-17(18)19-8-6-13-4-5-14(22-2)15(10-13)23-3;/h4-5,10-11H,6-9H2,1-3H3,(H3,18,19,20);1H. The number of rotatable bonds is 8. The summed E-state index contributed by atoms with van der Waals surface area (Å²) in [5, 5.41) is 6.26. The van der Waals surface area contributed by atoms with E-state index < -0.39 is 0 Å². The number of thiazole rings is 1. The number of hydrogen-bond acceptors (Lipinski definition) is 5. The molecule has 2 aromatic rings. The molecule has 0 saturated heterocycles. The first-order valence-corrected chi connectivity index (χ1v) is 8.66. The second-order valence-electron chi connectivity index (χ2n) is 5.27. The second-order valence-corrected chi connectivity index (χ2v) is 6.21. The third kappa shape index (κ3) is 7.07. The van der Waals surface area contributed by atoms with Gasteiger partial charge < -0.3 is 20.5 Å². The fraction of sp³-hybridized carbons (Fsp3) is 0.412. The second kappa shape index (κ2) is 11.1. The normalized spacial score (nSPS) is 10.9. The van der Waals surface area contributed by atoms with Gasteiger partial charge in [-0.3, -0.25) is 4.99 Å². The van der Waals surface area contributed by atoms with E-state index in [1.165, 1.54) is 0 Å². The number of hydrogen-bond donors (Lipinski definition) is 2. The molecular formula is C17H25IN4O2S. The highest BCUT2D eigenvalue weighted by Crippen LogP contribution is 2.27. The lowest BCUT2D eigenvalue weighted by Gasteiger charge is -2.10. The summed E-state index contributed by atoms with van der Waals surface area (Å²) in [7, 11) is 3.26. The van der Waals surface area contributed by atoms with Crippen LogP contribution in [0, 0.1) is 6.92 Å². The fourth-order valence-corrected chi connectivity index (χ4v) is 2.98. The average Bonchev–Trinajstić information content (AvgIpc) is 3.00. The SMILES string of the molecule is COc1ccc(CCNC(N)=NCCc2nc(C)cs2)cc1OC.I. The van der Waals surface area contributed by atoms with Gasteiger partial charge in [-0.1, -0.05) is 6.07 Å². The molecule has 1 heterocycles. The van der Waals surface area contributed by atoms with Gasteiger partial charge in [0.05, 0.1) is 19.2 Å². The monoisotopic (exact) mass is 476 g/mol. The summed E-state index contributed by atoms with van der Waals surface area (Å²) >= 11 is 1.66. The number of halogens is 1. The Balaban J connectivity index is 0.00000312. The Labute approximate surface area is 169 Å². The molecule has 3 N–H and O–H groups in total. The first-order valence-electron chi connectivity index (χ1n) is 7.78. The van der Waals surface area contributed by atoms with Gasteiger partial charge in [0.2, 0.25) is 0 Å². The van der Waals surface area contributed by atoms with Gasteiger partial charge in [0.1, 0.15) is 0 Å².